The highest BCUT2D eigenvalue weighted by Crippen LogP contribution is 2.14. The molecule has 17 heavy (non-hydrogen) atoms. The smallest absolute Gasteiger partial charge is 0.0227 e. The molecule has 0 amide bonds. The summed E-state index contributed by atoms with van der Waals surface area (Å²) in [4.78, 5) is 0. The van der Waals surface area contributed by atoms with Gasteiger partial charge in [-0.1, -0.05) is 65.7 Å². The molecule has 0 fully saturated rings. The fourth-order valence-corrected chi connectivity index (χ4v) is 2.07. The third-order valence-corrected chi connectivity index (χ3v) is 2.89. The van der Waals surface area contributed by atoms with E-state index in [0.29, 0.717) is 0 Å². The maximum atomic E-state index is 2.21. The van der Waals surface area contributed by atoms with Gasteiger partial charge in [0, 0.05) is 0 Å². The Morgan fingerprint density at radius 3 is 2.06 bits per heavy atom. The molecule has 2 rings (SSSR count). The Hall–Kier alpha value is -1.82. The van der Waals surface area contributed by atoms with E-state index in [0.717, 1.165) is 0 Å². The second-order valence-corrected chi connectivity index (χ2v) is 4.61. The first kappa shape index (κ1) is 11.7. The minimum absolute atomic E-state index is 1.27. The average Bonchev–Trinajstić information content (AvgIpc) is 2.27. The maximum Gasteiger partial charge on any atom is -0.0227 e. The van der Waals surface area contributed by atoms with Crippen molar-refractivity contribution in [2.75, 3.05) is 0 Å². The van der Waals surface area contributed by atoms with Crippen LogP contribution in [0.4, 0.5) is 0 Å². The van der Waals surface area contributed by atoms with Crippen LogP contribution in [0.1, 0.15) is 27.8 Å². The molecule has 0 radical (unpaired) electrons. The van der Waals surface area contributed by atoms with Crippen LogP contribution in [-0.2, 0) is 0 Å². The minimum atomic E-state index is 1.27. The van der Waals surface area contributed by atoms with Gasteiger partial charge in [-0.05, 0) is 37.5 Å². The average molecular weight is 222 g/mol. The lowest BCUT2D eigenvalue weighted by molar-refractivity contribution is 1.37. The van der Waals surface area contributed by atoms with Crippen LogP contribution < -0.4 is 0 Å². The molecule has 0 saturated carbocycles. The van der Waals surface area contributed by atoms with Crippen molar-refractivity contribution in [2.24, 2.45) is 0 Å². The van der Waals surface area contributed by atoms with Gasteiger partial charge in [-0.15, -0.1) is 0 Å². The second kappa shape index (κ2) is 5.01. The fraction of sp³-hybridized carbons (Fsp3) is 0.176. The number of hydrogen-bond donors (Lipinski definition) is 0. The monoisotopic (exact) mass is 222 g/mol. The topological polar surface area (TPSA) is 0 Å². The predicted molar refractivity (Wildman–Crippen MR) is 76.0 cm³/mol. The molecule has 0 bridgehead atoms. The summed E-state index contributed by atoms with van der Waals surface area (Å²) in [5.41, 5.74) is 6.49. The summed E-state index contributed by atoms with van der Waals surface area (Å²) >= 11 is 0. The zero-order valence-corrected chi connectivity index (χ0v) is 10.7. The predicted octanol–water partition coefficient (Wildman–Crippen LogP) is 4.78. The van der Waals surface area contributed by atoms with Crippen molar-refractivity contribution in [3.63, 3.8) is 0 Å². The van der Waals surface area contributed by atoms with E-state index in [4.69, 9.17) is 0 Å². The van der Waals surface area contributed by atoms with Gasteiger partial charge in [0.05, 0.1) is 0 Å². The molecule has 0 aliphatic carbocycles. The molecule has 0 N–H and O–H groups in total. The standard InChI is InChI=1S/C17H18/c1-13-10-14(2)12-16(11-13)8-9-17-7-5-4-6-15(17)3/h4-12H,1-3H3/b9-8+. The summed E-state index contributed by atoms with van der Waals surface area (Å²) in [5, 5.41) is 0. The fourth-order valence-electron chi connectivity index (χ4n) is 2.07. The number of hydrogen-bond acceptors (Lipinski definition) is 0. The van der Waals surface area contributed by atoms with Gasteiger partial charge < -0.3 is 0 Å². The molecule has 0 aliphatic heterocycles. The van der Waals surface area contributed by atoms with Crippen LogP contribution in [0.2, 0.25) is 0 Å². The van der Waals surface area contributed by atoms with E-state index in [9.17, 15) is 0 Å². The quantitative estimate of drug-likeness (QED) is 0.641. The van der Waals surface area contributed by atoms with Crippen molar-refractivity contribution in [2.45, 2.75) is 20.8 Å². The third kappa shape index (κ3) is 3.07. The largest absolute Gasteiger partial charge is 0.0620 e. The number of benzene rings is 2. The van der Waals surface area contributed by atoms with Crippen molar-refractivity contribution < 1.29 is 0 Å². The Labute approximate surface area is 104 Å². The molecular formula is C17H18. The lowest BCUT2D eigenvalue weighted by atomic mass is 10.0. The lowest BCUT2D eigenvalue weighted by Gasteiger charge is -2.01. The molecule has 0 aromatic heterocycles. The minimum Gasteiger partial charge on any atom is -0.0620 e. The maximum absolute atomic E-state index is 2.21. The van der Waals surface area contributed by atoms with E-state index < -0.39 is 0 Å². The Bertz CT molecular complexity index is 527. The lowest BCUT2D eigenvalue weighted by Crippen LogP contribution is -1.81. The summed E-state index contributed by atoms with van der Waals surface area (Å²) in [6.07, 6.45) is 4.37. The molecule has 2 aromatic rings. The summed E-state index contributed by atoms with van der Waals surface area (Å²) in [5.74, 6) is 0. The number of aryl methyl sites for hydroxylation is 3. The first-order valence-corrected chi connectivity index (χ1v) is 5.97. The molecule has 86 valence electrons. The van der Waals surface area contributed by atoms with Crippen molar-refractivity contribution in [3.05, 3.63) is 70.3 Å². The molecule has 0 aliphatic rings. The van der Waals surface area contributed by atoms with E-state index in [1.165, 1.54) is 27.8 Å². The summed E-state index contributed by atoms with van der Waals surface area (Å²) in [7, 11) is 0. The molecule has 0 nitrogen and oxygen atoms in total. The molecule has 0 saturated heterocycles. The van der Waals surface area contributed by atoms with Gasteiger partial charge in [0.15, 0.2) is 0 Å². The van der Waals surface area contributed by atoms with E-state index >= 15 is 0 Å². The Balaban J connectivity index is 2.29. The second-order valence-electron chi connectivity index (χ2n) is 4.61. The van der Waals surface area contributed by atoms with E-state index in [1.807, 2.05) is 0 Å². The normalized spacial score (nSPS) is 11.0. The van der Waals surface area contributed by atoms with Crippen LogP contribution in [0.15, 0.2) is 42.5 Å². The molecule has 2 aromatic carbocycles. The summed E-state index contributed by atoms with van der Waals surface area (Å²) < 4.78 is 0. The van der Waals surface area contributed by atoms with Crippen molar-refractivity contribution in [3.8, 4) is 0 Å². The molecule has 0 heteroatoms. The third-order valence-electron chi connectivity index (χ3n) is 2.89. The van der Waals surface area contributed by atoms with Crippen LogP contribution in [0, 0.1) is 20.8 Å². The molecule has 0 atom stereocenters. The van der Waals surface area contributed by atoms with Crippen LogP contribution in [0.25, 0.3) is 12.2 Å². The van der Waals surface area contributed by atoms with Gasteiger partial charge in [0.25, 0.3) is 0 Å². The van der Waals surface area contributed by atoms with Gasteiger partial charge in [0.1, 0.15) is 0 Å². The van der Waals surface area contributed by atoms with Gasteiger partial charge in [0.2, 0.25) is 0 Å². The van der Waals surface area contributed by atoms with Crippen LogP contribution in [0.3, 0.4) is 0 Å². The first-order valence-electron chi connectivity index (χ1n) is 5.97. The van der Waals surface area contributed by atoms with Crippen molar-refractivity contribution in [1.82, 2.24) is 0 Å². The van der Waals surface area contributed by atoms with Crippen molar-refractivity contribution >= 4 is 12.2 Å². The summed E-state index contributed by atoms with van der Waals surface area (Å²) in [6.45, 7) is 6.41. The van der Waals surface area contributed by atoms with Crippen LogP contribution in [-0.4, -0.2) is 0 Å². The van der Waals surface area contributed by atoms with Crippen molar-refractivity contribution in [1.29, 1.82) is 0 Å². The first-order chi connectivity index (χ1) is 8.15. The van der Waals surface area contributed by atoms with Gasteiger partial charge >= 0.3 is 0 Å². The van der Waals surface area contributed by atoms with Gasteiger partial charge in [-0.25, -0.2) is 0 Å². The Kier molecular flexibility index (Phi) is 3.43. The SMILES string of the molecule is Cc1cc(C)cc(/C=C/c2ccccc2C)c1. The van der Waals surface area contributed by atoms with Crippen LogP contribution in [0.5, 0.6) is 0 Å². The van der Waals surface area contributed by atoms with Gasteiger partial charge in [-0.2, -0.15) is 0 Å². The van der Waals surface area contributed by atoms with E-state index in [2.05, 4.69) is 75.4 Å². The Morgan fingerprint density at radius 2 is 1.41 bits per heavy atom. The molecule has 0 spiro atoms. The summed E-state index contributed by atoms with van der Waals surface area (Å²) in [6, 6.07) is 15.1. The zero-order chi connectivity index (χ0) is 12.3. The highest BCUT2D eigenvalue weighted by Gasteiger charge is 1.94. The highest BCUT2D eigenvalue weighted by atomic mass is 14.0. The zero-order valence-electron chi connectivity index (χ0n) is 10.7. The molecule has 0 unspecified atom stereocenters. The van der Waals surface area contributed by atoms with Gasteiger partial charge in [-0.3, -0.25) is 0 Å². The molecule has 0 heterocycles. The highest BCUT2D eigenvalue weighted by molar-refractivity contribution is 5.71. The Morgan fingerprint density at radius 1 is 0.765 bits per heavy atom. The molecular weight excluding hydrogens is 204 g/mol. The van der Waals surface area contributed by atoms with Crippen LogP contribution >= 0.6 is 0 Å². The number of rotatable bonds is 2. The van der Waals surface area contributed by atoms with E-state index in [1.54, 1.807) is 0 Å². The van der Waals surface area contributed by atoms with E-state index in [-0.39, 0.29) is 0 Å².